The summed E-state index contributed by atoms with van der Waals surface area (Å²) in [6.07, 6.45) is 12.6. The zero-order valence-electron chi connectivity index (χ0n) is 15.9. The Balaban J connectivity index is 1.64. The van der Waals surface area contributed by atoms with E-state index in [1.165, 1.54) is 17.5 Å². The fourth-order valence-electron chi connectivity index (χ4n) is 4.55. The standard InChI is InChI=1S/C24H25N3O/c25-24(12-4-13-24)18-9-7-17(8-10-18)22-19(16-5-2-1-3-6-16)15-20-21(27-22)11-14-26-23(20)28/h1-2,7-11,14-16H,3-6,12-13,25H2,(H,26,28). The van der Waals surface area contributed by atoms with Crippen LogP contribution in [0, 0.1) is 0 Å². The second-order valence-electron chi connectivity index (χ2n) is 8.23. The quantitative estimate of drug-likeness (QED) is 0.653. The predicted octanol–water partition coefficient (Wildman–Crippen LogP) is 4.75. The van der Waals surface area contributed by atoms with Gasteiger partial charge >= 0.3 is 0 Å². The van der Waals surface area contributed by atoms with Crippen molar-refractivity contribution in [1.29, 1.82) is 0 Å². The first-order valence-electron chi connectivity index (χ1n) is 10.2. The topological polar surface area (TPSA) is 71.8 Å². The molecule has 3 N–H and O–H groups in total. The number of benzene rings is 1. The summed E-state index contributed by atoms with van der Waals surface area (Å²) >= 11 is 0. The third-order valence-corrected chi connectivity index (χ3v) is 6.47. The van der Waals surface area contributed by atoms with E-state index in [-0.39, 0.29) is 11.1 Å². The number of aromatic nitrogens is 2. The van der Waals surface area contributed by atoms with Crippen LogP contribution in [0.1, 0.15) is 55.6 Å². The highest BCUT2D eigenvalue weighted by Gasteiger charge is 2.34. The minimum Gasteiger partial charge on any atom is -0.328 e. The lowest BCUT2D eigenvalue weighted by Crippen LogP contribution is -2.43. The minimum absolute atomic E-state index is 0.0745. The van der Waals surface area contributed by atoms with E-state index in [1.807, 2.05) is 6.07 Å². The van der Waals surface area contributed by atoms with Crippen molar-refractivity contribution in [2.75, 3.05) is 0 Å². The summed E-state index contributed by atoms with van der Waals surface area (Å²) in [5.74, 6) is 0.392. The third-order valence-electron chi connectivity index (χ3n) is 6.47. The summed E-state index contributed by atoms with van der Waals surface area (Å²) in [5, 5.41) is 0.669. The van der Waals surface area contributed by atoms with Gasteiger partial charge in [0.25, 0.3) is 5.56 Å². The molecule has 1 unspecified atom stereocenters. The van der Waals surface area contributed by atoms with Gasteiger partial charge in [0.2, 0.25) is 0 Å². The average Bonchev–Trinajstić information content (AvgIpc) is 2.72. The van der Waals surface area contributed by atoms with Crippen LogP contribution in [-0.2, 0) is 5.54 Å². The van der Waals surface area contributed by atoms with Crippen molar-refractivity contribution in [3.63, 3.8) is 0 Å². The van der Waals surface area contributed by atoms with Crippen LogP contribution in [0.15, 0.2) is 59.5 Å². The number of pyridine rings is 2. The molecule has 4 heteroatoms. The van der Waals surface area contributed by atoms with Gasteiger partial charge in [0.05, 0.1) is 16.6 Å². The van der Waals surface area contributed by atoms with Gasteiger partial charge in [0.15, 0.2) is 0 Å². The van der Waals surface area contributed by atoms with Gasteiger partial charge in [-0.25, -0.2) is 4.98 Å². The Hall–Kier alpha value is -2.72. The summed E-state index contributed by atoms with van der Waals surface area (Å²) in [6, 6.07) is 12.5. The summed E-state index contributed by atoms with van der Waals surface area (Å²) in [4.78, 5) is 20.0. The molecule has 2 aromatic heterocycles. The number of hydrogen-bond acceptors (Lipinski definition) is 3. The van der Waals surface area contributed by atoms with Crippen molar-refractivity contribution in [3.05, 3.63) is 76.2 Å². The molecule has 1 saturated carbocycles. The van der Waals surface area contributed by atoms with Gasteiger partial charge < -0.3 is 10.7 Å². The number of nitrogens with zero attached hydrogens (tertiary/aromatic N) is 1. The summed E-state index contributed by atoms with van der Waals surface area (Å²) in [7, 11) is 0. The average molecular weight is 371 g/mol. The van der Waals surface area contributed by atoms with E-state index in [9.17, 15) is 4.79 Å². The second kappa shape index (κ2) is 6.71. The molecule has 28 heavy (non-hydrogen) atoms. The highest BCUT2D eigenvalue weighted by atomic mass is 16.1. The molecule has 142 valence electrons. The molecular formula is C24H25N3O. The molecule has 3 aromatic rings. The van der Waals surface area contributed by atoms with E-state index in [1.54, 1.807) is 6.20 Å². The van der Waals surface area contributed by atoms with E-state index in [4.69, 9.17) is 10.7 Å². The van der Waals surface area contributed by atoms with Crippen LogP contribution in [-0.4, -0.2) is 9.97 Å². The van der Waals surface area contributed by atoms with Crippen molar-refractivity contribution in [3.8, 4) is 11.3 Å². The first kappa shape index (κ1) is 17.4. The zero-order valence-corrected chi connectivity index (χ0v) is 15.9. The maximum Gasteiger partial charge on any atom is 0.257 e. The van der Waals surface area contributed by atoms with Gasteiger partial charge in [0, 0.05) is 17.3 Å². The lowest BCUT2D eigenvalue weighted by Gasteiger charge is -2.38. The maximum absolute atomic E-state index is 12.3. The van der Waals surface area contributed by atoms with Crippen molar-refractivity contribution in [1.82, 2.24) is 9.97 Å². The minimum atomic E-state index is -0.153. The second-order valence-corrected chi connectivity index (χ2v) is 8.23. The Bertz CT molecular complexity index is 1110. The molecule has 0 aliphatic heterocycles. The number of rotatable bonds is 3. The zero-order chi connectivity index (χ0) is 19.1. The van der Waals surface area contributed by atoms with Crippen LogP contribution >= 0.6 is 0 Å². The molecule has 1 atom stereocenters. The van der Waals surface area contributed by atoms with E-state index in [2.05, 4.69) is 47.5 Å². The SMILES string of the molecule is NC1(c2ccc(-c3nc4cc[nH]c(=O)c4cc3C3CC=CCC3)cc2)CCC1. The van der Waals surface area contributed by atoms with E-state index >= 15 is 0 Å². The number of aromatic amines is 1. The van der Waals surface area contributed by atoms with Crippen LogP contribution in [0.25, 0.3) is 22.2 Å². The predicted molar refractivity (Wildman–Crippen MR) is 113 cm³/mol. The first-order valence-corrected chi connectivity index (χ1v) is 10.2. The normalized spacial score (nSPS) is 20.8. The number of nitrogens with one attached hydrogen (secondary N) is 1. The van der Waals surface area contributed by atoms with Crippen LogP contribution in [0.3, 0.4) is 0 Å². The summed E-state index contributed by atoms with van der Waals surface area (Å²) in [5.41, 5.74) is 11.5. The number of allylic oxidation sites excluding steroid dienone is 2. The van der Waals surface area contributed by atoms with Gasteiger partial charge in [-0.3, -0.25) is 4.79 Å². The van der Waals surface area contributed by atoms with Crippen molar-refractivity contribution in [2.24, 2.45) is 5.73 Å². The van der Waals surface area contributed by atoms with Gasteiger partial charge in [-0.1, -0.05) is 36.4 Å². The highest BCUT2D eigenvalue weighted by molar-refractivity contribution is 5.82. The molecule has 0 saturated heterocycles. The monoisotopic (exact) mass is 371 g/mol. The number of nitrogens with two attached hydrogens (primary N) is 1. The molecule has 5 rings (SSSR count). The van der Waals surface area contributed by atoms with Crippen LogP contribution in [0.4, 0.5) is 0 Å². The molecule has 0 amide bonds. The van der Waals surface area contributed by atoms with Crippen molar-refractivity contribution >= 4 is 10.9 Å². The van der Waals surface area contributed by atoms with Crippen LogP contribution in [0.5, 0.6) is 0 Å². The number of hydrogen-bond donors (Lipinski definition) is 2. The Morgan fingerprint density at radius 2 is 1.93 bits per heavy atom. The third kappa shape index (κ3) is 2.89. The Kier molecular flexibility index (Phi) is 4.17. The van der Waals surface area contributed by atoms with Gasteiger partial charge in [0.1, 0.15) is 0 Å². The maximum atomic E-state index is 12.3. The lowest BCUT2D eigenvalue weighted by molar-refractivity contribution is 0.253. The van der Waals surface area contributed by atoms with Crippen LogP contribution in [0.2, 0.25) is 0 Å². The lowest BCUT2D eigenvalue weighted by atomic mass is 9.72. The summed E-state index contributed by atoms with van der Waals surface area (Å²) in [6.45, 7) is 0. The number of H-pyrrole nitrogens is 1. The van der Waals surface area contributed by atoms with Gasteiger partial charge in [-0.2, -0.15) is 0 Å². The molecule has 0 radical (unpaired) electrons. The molecule has 0 spiro atoms. The Morgan fingerprint density at radius 1 is 1.11 bits per heavy atom. The van der Waals surface area contributed by atoms with Crippen molar-refractivity contribution in [2.45, 2.75) is 50.0 Å². The van der Waals surface area contributed by atoms with E-state index < -0.39 is 0 Å². The fourth-order valence-corrected chi connectivity index (χ4v) is 4.55. The molecule has 2 aliphatic carbocycles. The Morgan fingerprint density at radius 3 is 2.61 bits per heavy atom. The number of fused-ring (bicyclic) bond motifs is 1. The molecule has 2 heterocycles. The molecule has 1 aromatic carbocycles. The van der Waals surface area contributed by atoms with Crippen molar-refractivity contribution < 1.29 is 0 Å². The molecule has 1 fully saturated rings. The molecule has 0 bridgehead atoms. The van der Waals surface area contributed by atoms with E-state index in [0.29, 0.717) is 11.3 Å². The fraction of sp³-hybridized carbons (Fsp3) is 0.333. The molecule has 2 aliphatic rings. The van der Waals surface area contributed by atoms with Crippen LogP contribution < -0.4 is 11.3 Å². The van der Waals surface area contributed by atoms with Gasteiger partial charge in [-0.05, 0) is 67.7 Å². The van der Waals surface area contributed by atoms with E-state index in [0.717, 1.165) is 48.9 Å². The van der Waals surface area contributed by atoms with Gasteiger partial charge in [-0.15, -0.1) is 0 Å². The largest absolute Gasteiger partial charge is 0.328 e. The Labute approximate surface area is 164 Å². The highest BCUT2D eigenvalue weighted by Crippen LogP contribution is 2.40. The summed E-state index contributed by atoms with van der Waals surface area (Å²) < 4.78 is 0. The smallest absolute Gasteiger partial charge is 0.257 e. The molecule has 4 nitrogen and oxygen atoms in total. The first-order chi connectivity index (χ1) is 13.6. The molecular weight excluding hydrogens is 346 g/mol.